The van der Waals surface area contributed by atoms with Crippen LogP contribution in [0.2, 0.25) is 0 Å². The van der Waals surface area contributed by atoms with Gasteiger partial charge in [-0.1, -0.05) is 6.92 Å². The Hall–Kier alpha value is -0.810. The van der Waals surface area contributed by atoms with Gasteiger partial charge in [-0.3, -0.25) is 0 Å². The molecule has 1 amide bonds. The van der Waals surface area contributed by atoms with Crippen LogP contribution >= 0.6 is 0 Å². The maximum absolute atomic E-state index is 10.9. The minimum atomic E-state index is -0.323. The summed E-state index contributed by atoms with van der Waals surface area (Å²) in [6.45, 7) is 4.40. The molecule has 1 aliphatic heterocycles. The molecule has 1 aliphatic carbocycles. The molecule has 1 atom stereocenters. The lowest BCUT2D eigenvalue weighted by atomic mass is 9.93. The molecular weight excluding hydrogens is 232 g/mol. The standard InChI is InChI=1S/C13H24N2O3/c1-2-7-14-10-3-5-11(6-4-10)17-9-12-8-15-13(16)18-12/h10-12,14H,2-9H2,1H3,(H,15,16). The highest BCUT2D eigenvalue weighted by Gasteiger charge is 2.26. The van der Waals surface area contributed by atoms with Crippen LogP contribution in [-0.2, 0) is 9.47 Å². The van der Waals surface area contributed by atoms with E-state index in [-0.39, 0.29) is 12.2 Å². The predicted molar refractivity (Wildman–Crippen MR) is 68.6 cm³/mol. The molecule has 5 nitrogen and oxygen atoms in total. The van der Waals surface area contributed by atoms with E-state index in [1.54, 1.807) is 0 Å². The zero-order chi connectivity index (χ0) is 12.8. The molecular formula is C13H24N2O3. The van der Waals surface area contributed by atoms with Crippen molar-refractivity contribution in [3.63, 3.8) is 0 Å². The Balaban J connectivity index is 1.57. The number of ether oxygens (including phenoxy) is 2. The number of rotatable bonds is 6. The molecule has 2 N–H and O–H groups in total. The van der Waals surface area contributed by atoms with E-state index in [0.29, 0.717) is 25.3 Å². The summed E-state index contributed by atoms with van der Waals surface area (Å²) < 4.78 is 10.9. The Kier molecular flexibility index (Phi) is 5.26. The van der Waals surface area contributed by atoms with E-state index in [1.165, 1.54) is 19.3 Å². The third kappa shape index (κ3) is 4.14. The van der Waals surface area contributed by atoms with Gasteiger partial charge in [0, 0.05) is 6.04 Å². The third-order valence-electron chi connectivity index (χ3n) is 3.62. The Morgan fingerprint density at radius 1 is 1.39 bits per heavy atom. The summed E-state index contributed by atoms with van der Waals surface area (Å²) in [6, 6.07) is 0.663. The summed E-state index contributed by atoms with van der Waals surface area (Å²) in [6.07, 6.45) is 5.69. The molecule has 18 heavy (non-hydrogen) atoms. The van der Waals surface area contributed by atoms with E-state index in [0.717, 1.165) is 19.4 Å². The normalized spacial score (nSPS) is 32.1. The topological polar surface area (TPSA) is 59.6 Å². The quantitative estimate of drug-likeness (QED) is 0.754. The molecule has 2 fully saturated rings. The molecule has 0 spiro atoms. The van der Waals surface area contributed by atoms with Crippen molar-refractivity contribution < 1.29 is 14.3 Å². The average molecular weight is 256 g/mol. The first-order valence-electron chi connectivity index (χ1n) is 7.07. The number of carbonyl (C=O) groups is 1. The van der Waals surface area contributed by atoms with Crippen LogP contribution in [0.15, 0.2) is 0 Å². The fourth-order valence-corrected chi connectivity index (χ4v) is 2.55. The van der Waals surface area contributed by atoms with Crippen molar-refractivity contribution in [2.45, 2.75) is 57.3 Å². The van der Waals surface area contributed by atoms with Crippen molar-refractivity contribution in [2.75, 3.05) is 19.7 Å². The van der Waals surface area contributed by atoms with Crippen LogP contribution in [0.4, 0.5) is 4.79 Å². The first kappa shape index (κ1) is 13.6. The lowest BCUT2D eigenvalue weighted by Gasteiger charge is -2.29. The Labute approximate surface area is 109 Å². The number of alkyl carbamates (subject to hydrolysis) is 1. The monoisotopic (exact) mass is 256 g/mol. The number of carbonyl (C=O) groups excluding carboxylic acids is 1. The van der Waals surface area contributed by atoms with Gasteiger partial charge in [-0.15, -0.1) is 0 Å². The molecule has 0 aromatic carbocycles. The second-order valence-corrected chi connectivity index (χ2v) is 5.17. The van der Waals surface area contributed by atoms with E-state index in [4.69, 9.17) is 9.47 Å². The first-order valence-corrected chi connectivity index (χ1v) is 7.07. The summed E-state index contributed by atoms with van der Waals surface area (Å²) >= 11 is 0. The van der Waals surface area contributed by atoms with Gasteiger partial charge in [-0.25, -0.2) is 4.79 Å². The van der Waals surface area contributed by atoms with Crippen LogP contribution in [0.1, 0.15) is 39.0 Å². The molecule has 1 saturated carbocycles. The van der Waals surface area contributed by atoms with Crippen molar-refractivity contribution in [3.05, 3.63) is 0 Å². The summed E-state index contributed by atoms with van der Waals surface area (Å²) in [5.74, 6) is 0. The summed E-state index contributed by atoms with van der Waals surface area (Å²) in [5, 5.41) is 6.20. The zero-order valence-corrected chi connectivity index (χ0v) is 11.1. The number of cyclic esters (lactones) is 1. The molecule has 2 aliphatic rings. The van der Waals surface area contributed by atoms with E-state index in [9.17, 15) is 4.79 Å². The van der Waals surface area contributed by atoms with Crippen LogP contribution in [0.25, 0.3) is 0 Å². The summed E-state index contributed by atoms with van der Waals surface area (Å²) in [4.78, 5) is 10.9. The lowest BCUT2D eigenvalue weighted by Crippen LogP contribution is -2.36. The molecule has 1 heterocycles. The zero-order valence-electron chi connectivity index (χ0n) is 11.1. The fraction of sp³-hybridized carbons (Fsp3) is 0.923. The number of nitrogens with one attached hydrogen (secondary N) is 2. The fourth-order valence-electron chi connectivity index (χ4n) is 2.55. The third-order valence-corrected chi connectivity index (χ3v) is 3.62. The van der Waals surface area contributed by atoms with Gasteiger partial charge in [0.1, 0.15) is 6.10 Å². The van der Waals surface area contributed by atoms with Gasteiger partial charge in [-0.2, -0.15) is 0 Å². The molecule has 0 radical (unpaired) electrons. The number of hydrogen-bond donors (Lipinski definition) is 2. The van der Waals surface area contributed by atoms with Gasteiger partial charge in [0.15, 0.2) is 0 Å². The Morgan fingerprint density at radius 3 is 2.78 bits per heavy atom. The average Bonchev–Trinajstić information content (AvgIpc) is 2.81. The second-order valence-electron chi connectivity index (χ2n) is 5.17. The van der Waals surface area contributed by atoms with Crippen molar-refractivity contribution >= 4 is 6.09 Å². The van der Waals surface area contributed by atoms with Crippen molar-refractivity contribution in [3.8, 4) is 0 Å². The van der Waals surface area contributed by atoms with Gasteiger partial charge in [0.2, 0.25) is 0 Å². The molecule has 0 bridgehead atoms. The molecule has 5 heteroatoms. The first-order chi connectivity index (χ1) is 8.78. The van der Waals surface area contributed by atoms with Gasteiger partial charge in [0.25, 0.3) is 0 Å². The smallest absolute Gasteiger partial charge is 0.407 e. The van der Waals surface area contributed by atoms with Crippen molar-refractivity contribution in [1.29, 1.82) is 0 Å². The molecule has 0 aromatic heterocycles. The minimum Gasteiger partial charge on any atom is -0.442 e. The number of amides is 1. The van der Waals surface area contributed by atoms with E-state index in [2.05, 4.69) is 17.6 Å². The predicted octanol–water partition coefficient (Wildman–Crippen LogP) is 1.42. The minimum absolute atomic E-state index is 0.103. The Bertz CT molecular complexity index is 265. The second kappa shape index (κ2) is 6.95. The van der Waals surface area contributed by atoms with Crippen LogP contribution in [0.5, 0.6) is 0 Å². The Morgan fingerprint density at radius 2 is 2.17 bits per heavy atom. The molecule has 104 valence electrons. The van der Waals surface area contributed by atoms with Gasteiger partial charge >= 0.3 is 6.09 Å². The maximum Gasteiger partial charge on any atom is 0.407 e. The van der Waals surface area contributed by atoms with Crippen LogP contribution in [-0.4, -0.2) is 44.0 Å². The van der Waals surface area contributed by atoms with Gasteiger partial charge in [-0.05, 0) is 38.6 Å². The van der Waals surface area contributed by atoms with Crippen LogP contribution in [0.3, 0.4) is 0 Å². The van der Waals surface area contributed by atoms with Crippen LogP contribution < -0.4 is 10.6 Å². The van der Waals surface area contributed by atoms with Gasteiger partial charge in [0.05, 0.1) is 19.3 Å². The number of hydrogen-bond acceptors (Lipinski definition) is 4. The van der Waals surface area contributed by atoms with Crippen molar-refractivity contribution in [2.24, 2.45) is 0 Å². The summed E-state index contributed by atoms with van der Waals surface area (Å²) in [7, 11) is 0. The van der Waals surface area contributed by atoms with E-state index >= 15 is 0 Å². The molecule has 0 aromatic rings. The highest BCUT2D eigenvalue weighted by molar-refractivity contribution is 5.69. The van der Waals surface area contributed by atoms with Crippen LogP contribution in [0, 0.1) is 0 Å². The summed E-state index contributed by atoms with van der Waals surface area (Å²) in [5.41, 5.74) is 0. The van der Waals surface area contributed by atoms with Crippen molar-refractivity contribution in [1.82, 2.24) is 10.6 Å². The SMILES string of the molecule is CCCNC1CCC(OCC2CNC(=O)O2)CC1. The van der Waals surface area contributed by atoms with E-state index < -0.39 is 0 Å². The largest absolute Gasteiger partial charge is 0.442 e. The molecule has 1 saturated heterocycles. The van der Waals surface area contributed by atoms with Gasteiger partial charge < -0.3 is 20.1 Å². The highest BCUT2D eigenvalue weighted by Crippen LogP contribution is 2.21. The molecule has 1 unspecified atom stereocenters. The molecule has 2 rings (SSSR count). The van der Waals surface area contributed by atoms with E-state index in [1.807, 2.05) is 0 Å². The maximum atomic E-state index is 10.9. The lowest BCUT2D eigenvalue weighted by molar-refractivity contribution is -0.0187. The highest BCUT2D eigenvalue weighted by atomic mass is 16.6.